The Morgan fingerprint density at radius 1 is 1.38 bits per heavy atom. The number of pyridine rings is 1. The Morgan fingerprint density at radius 2 is 2.06 bits per heavy atom. The smallest absolute Gasteiger partial charge is 0.302 e. The van der Waals surface area contributed by atoms with E-state index in [1.54, 1.807) is 30.3 Å². The molecule has 1 aromatic heterocycles. The predicted octanol–water partition coefficient (Wildman–Crippen LogP) is 3.12. The normalized spacial score (nSPS) is 12.1. The minimum Gasteiger partial charge on any atom is -0.302 e. The van der Waals surface area contributed by atoms with Crippen LogP contribution in [0.2, 0.25) is 5.15 Å². The molecular weight excluding hydrogens is 241 g/mol. The Kier molecular flexibility index (Phi) is 4.56. The number of hydrogen-bond acceptors (Lipinski definition) is 2. The van der Waals surface area contributed by atoms with Gasteiger partial charge in [-0.2, -0.15) is 13.2 Å². The van der Waals surface area contributed by atoms with E-state index in [9.17, 15) is 13.2 Å². The fourth-order valence-corrected chi connectivity index (χ4v) is 1.32. The van der Waals surface area contributed by atoms with Crippen LogP contribution in [-0.2, 0) is 6.54 Å². The molecule has 1 aromatic rings. The van der Waals surface area contributed by atoms with Crippen molar-refractivity contribution < 1.29 is 13.2 Å². The molecule has 0 spiro atoms. The van der Waals surface area contributed by atoms with Gasteiger partial charge >= 0.3 is 6.18 Å². The highest BCUT2D eigenvalue weighted by Gasteiger charge is 2.26. The van der Waals surface area contributed by atoms with Gasteiger partial charge in [0.1, 0.15) is 5.15 Å². The van der Waals surface area contributed by atoms with Crippen molar-refractivity contribution >= 4 is 11.6 Å². The quantitative estimate of drug-likeness (QED) is 0.766. The lowest BCUT2D eigenvalue weighted by Crippen LogP contribution is -2.24. The zero-order valence-electron chi connectivity index (χ0n) is 8.76. The number of halogens is 4. The van der Waals surface area contributed by atoms with Crippen LogP contribution in [0.4, 0.5) is 13.2 Å². The molecule has 0 radical (unpaired) electrons. The van der Waals surface area contributed by atoms with Crippen molar-refractivity contribution in [2.45, 2.75) is 19.1 Å². The van der Waals surface area contributed by atoms with Gasteiger partial charge in [-0.05, 0) is 18.7 Å². The van der Waals surface area contributed by atoms with Gasteiger partial charge in [-0.3, -0.25) is 0 Å². The van der Waals surface area contributed by atoms with Gasteiger partial charge in [-0.1, -0.05) is 17.7 Å². The first-order valence-electron chi connectivity index (χ1n) is 4.72. The van der Waals surface area contributed by atoms with Crippen molar-refractivity contribution in [3.63, 3.8) is 0 Å². The van der Waals surface area contributed by atoms with Crippen molar-refractivity contribution in [2.24, 2.45) is 0 Å². The highest BCUT2D eigenvalue weighted by molar-refractivity contribution is 6.29. The van der Waals surface area contributed by atoms with E-state index in [4.69, 9.17) is 11.6 Å². The third kappa shape index (κ3) is 5.32. The zero-order chi connectivity index (χ0) is 12.2. The molecule has 0 aliphatic rings. The molecular formula is C10H12ClF3N2. The van der Waals surface area contributed by atoms with Crippen molar-refractivity contribution in [3.05, 3.63) is 29.0 Å². The molecule has 0 fully saturated rings. The lowest BCUT2D eigenvalue weighted by Gasteiger charge is -2.17. The third-order valence-electron chi connectivity index (χ3n) is 2.02. The summed E-state index contributed by atoms with van der Waals surface area (Å²) in [5.41, 5.74) is 0.842. The van der Waals surface area contributed by atoms with E-state index in [0.717, 1.165) is 5.56 Å². The average Bonchev–Trinajstić information content (AvgIpc) is 2.18. The molecule has 0 aliphatic heterocycles. The molecule has 1 heterocycles. The van der Waals surface area contributed by atoms with Crippen LogP contribution >= 0.6 is 11.6 Å². The van der Waals surface area contributed by atoms with E-state index in [2.05, 4.69) is 4.98 Å². The van der Waals surface area contributed by atoms with E-state index in [1.807, 2.05) is 0 Å². The van der Waals surface area contributed by atoms with E-state index in [-0.39, 0.29) is 6.54 Å². The van der Waals surface area contributed by atoms with Crippen LogP contribution in [0.1, 0.15) is 12.0 Å². The lowest BCUT2D eigenvalue weighted by atomic mass is 10.2. The molecule has 2 nitrogen and oxygen atoms in total. The number of hydrogen-bond donors (Lipinski definition) is 0. The summed E-state index contributed by atoms with van der Waals surface area (Å²) in [6, 6.07) is 3.37. The van der Waals surface area contributed by atoms with Gasteiger partial charge in [-0.15, -0.1) is 0 Å². The van der Waals surface area contributed by atoms with Crippen LogP contribution in [0, 0.1) is 0 Å². The van der Waals surface area contributed by atoms with Crippen molar-refractivity contribution in [1.29, 1.82) is 0 Å². The van der Waals surface area contributed by atoms with Gasteiger partial charge in [0.05, 0.1) is 6.42 Å². The first-order valence-corrected chi connectivity index (χ1v) is 5.10. The number of alkyl halides is 3. The van der Waals surface area contributed by atoms with E-state index < -0.39 is 12.6 Å². The predicted molar refractivity (Wildman–Crippen MR) is 56.3 cm³/mol. The first kappa shape index (κ1) is 13.3. The Bertz CT molecular complexity index is 324. The second kappa shape index (κ2) is 5.50. The first-order chi connectivity index (χ1) is 7.37. The monoisotopic (exact) mass is 252 g/mol. The van der Waals surface area contributed by atoms with Gasteiger partial charge in [0.15, 0.2) is 0 Å². The maximum Gasteiger partial charge on any atom is 0.390 e. The minimum absolute atomic E-state index is 0.0217. The molecule has 0 amide bonds. The minimum atomic E-state index is -4.10. The largest absolute Gasteiger partial charge is 0.390 e. The molecule has 0 atom stereocenters. The van der Waals surface area contributed by atoms with Gasteiger partial charge in [0, 0.05) is 19.3 Å². The summed E-state index contributed by atoms with van der Waals surface area (Å²) in [5.74, 6) is 0. The Hall–Kier alpha value is -0.810. The van der Waals surface area contributed by atoms with E-state index in [1.165, 1.54) is 0 Å². The van der Waals surface area contributed by atoms with Gasteiger partial charge in [0.2, 0.25) is 0 Å². The maximum absolute atomic E-state index is 12.0. The SMILES string of the molecule is CN(CCC(F)(F)F)Cc1ccc(Cl)nc1. The van der Waals surface area contributed by atoms with Crippen LogP contribution in [0.5, 0.6) is 0 Å². The van der Waals surface area contributed by atoms with Gasteiger partial charge in [0.25, 0.3) is 0 Å². The summed E-state index contributed by atoms with van der Waals surface area (Å²) < 4.78 is 35.9. The third-order valence-corrected chi connectivity index (χ3v) is 2.24. The summed E-state index contributed by atoms with van der Waals surface area (Å²) in [6.07, 6.45) is -3.34. The maximum atomic E-state index is 12.0. The van der Waals surface area contributed by atoms with Crippen LogP contribution in [-0.4, -0.2) is 29.7 Å². The highest BCUT2D eigenvalue weighted by atomic mass is 35.5. The summed E-state index contributed by atoms with van der Waals surface area (Å²) in [5, 5.41) is 0.377. The molecule has 90 valence electrons. The summed E-state index contributed by atoms with van der Waals surface area (Å²) in [4.78, 5) is 5.45. The van der Waals surface area contributed by atoms with Crippen LogP contribution in [0.15, 0.2) is 18.3 Å². The molecule has 0 aliphatic carbocycles. The summed E-state index contributed by atoms with van der Waals surface area (Å²) in [7, 11) is 1.64. The standard InChI is InChI=1S/C10H12ClF3N2/c1-16(5-4-10(12,13)14)7-8-2-3-9(11)15-6-8/h2-3,6H,4-5,7H2,1H3. The molecule has 16 heavy (non-hydrogen) atoms. The van der Waals surface area contributed by atoms with E-state index >= 15 is 0 Å². The van der Waals surface area contributed by atoms with Crippen LogP contribution in [0.25, 0.3) is 0 Å². The summed E-state index contributed by atoms with van der Waals surface area (Å²) in [6.45, 7) is 0.409. The van der Waals surface area contributed by atoms with Crippen LogP contribution in [0.3, 0.4) is 0 Å². The summed E-state index contributed by atoms with van der Waals surface area (Å²) >= 11 is 5.60. The van der Waals surface area contributed by atoms with Crippen LogP contribution < -0.4 is 0 Å². The molecule has 0 aromatic carbocycles. The Balaban J connectivity index is 2.39. The number of nitrogens with zero attached hydrogens (tertiary/aromatic N) is 2. The molecule has 0 saturated carbocycles. The number of rotatable bonds is 4. The second-order valence-corrected chi connectivity index (χ2v) is 3.98. The number of aromatic nitrogens is 1. The highest BCUT2D eigenvalue weighted by Crippen LogP contribution is 2.19. The molecule has 0 saturated heterocycles. The van der Waals surface area contributed by atoms with Crippen molar-refractivity contribution in [3.8, 4) is 0 Å². The lowest BCUT2D eigenvalue weighted by molar-refractivity contribution is -0.137. The molecule has 1 rings (SSSR count). The molecule has 6 heteroatoms. The second-order valence-electron chi connectivity index (χ2n) is 3.59. The van der Waals surface area contributed by atoms with Gasteiger partial charge < -0.3 is 4.90 Å². The molecule has 0 bridgehead atoms. The fraction of sp³-hybridized carbons (Fsp3) is 0.500. The Labute approximate surface area is 97.0 Å². The average molecular weight is 253 g/mol. The Morgan fingerprint density at radius 3 is 2.56 bits per heavy atom. The topological polar surface area (TPSA) is 16.1 Å². The van der Waals surface area contributed by atoms with Crippen molar-refractivity contribution in [1.82, 2.24) is 9.88 Å². The fourth-order valence-electron chi connectivity index (χ4n) is 1.21. The van der Waals surface area contributed by atoms with Crippen molar-refractivity contribution in [2.75, 3.05) is 13.6 Å². The molecule has 0 N–H and O–H groups in total. The molecule has 0 unspecified atom stereocenters. The van der Waals surface area contributed by atoms with Gasteiger partial charge in [-0.25, -0.2) is 4.98 Å². The zero-order valence-corrected chi connectivity index (χ0v) is 9.52. The van der Waals surface area contributed by atoms with E-state index in [0.29, 0.717) is 11.7 Å².